The smallest absolute Gasteiger partial charge is 0.265 e. The number of para-hydroxylation sites is 2. The van der Waals surface area contributed by atoms with Crippen molar-refractivity contribution < 1.29 is 14.3 Å². The molecule has 0 saturated heterocycles. The van der Waals surface area contributed by atoms with Gasteiger partial charge in [0.05, 0.1) is 17.5 Å². The Balaban J connectivity index is 1.46. The minimum absolute atomic E-state index is 0.0145. The van der Waals surface area contributed by atoms with Crippen molar-refractivity contribution in [3.05, 3.63) is 59.4 Å². The Labute approximate surface area is 191 Å². The fourth-order valence-electron chi connectivity index (χ4n) is 3.66. The van der Waals surface area contributed by atoms with E-state index >= 15 is 0 Å². The highest BCUT2D eigenvalue weighted by molar-refractivity contribution is 7.99. The van der Waals surface area contributed by atoms with E-state index in [9.17, 15) is 9.59 Å². The molecule has 1 N–H and O–H groups in total. The monoisotopic (exact) mass is 451 g/mol. The van der Waals surface area contributed by atoms with Crippen LogP contribution in [-0.2, 0) is 16.6 Å². The number of aryl methyl sites for hydroxylation is 2. The second-order valence-electron chi connectivity index (χ2n) is 7.75. The standard InChI is InChI=1S/C23H25N5O3S/c1-14-9-10-15(2)17(11-14)24-20(29)13-32-23-26-25-22(27(23)4)16(3)28-18-7-5-6-8-19(18)31-12-21(28)30/h5-11,16H,12-13H2,1-4H3,(H,24,29)/t16-/m0/s1. The molecule has 2 amide bonds. The van der Waals surface area contributed by atoms with Gasteiger partial charge in [0.2, 0.25) is 5.91 Å². The molecule has 9 heteroatoms. The summed E-state index contributed by atoms with van der Waals surface area (Å²) in [5.41, 5.74) is 3.62. The molecule has 0 spiro atoms. The maximum Gasteiger partial charge on any atom is 0.265 e. The highest BCUT2D eigenvalue weighted by Crippen LogP contribution is 2.37. The summed E-state index contributed by atoms with van der Waals surface area (Å²) < 4.78 is 7.36. The van der Waals surface area contributed by atoms with E-state index in [0.717, 1.165) is 16.8 Å². The van der Waals surface area contributed by atoms with Gasteiger partial charge in [-0.2, -0.15) is 0 Å². The van der Waals surface area contributed by atoms with Crippen LogP contribution in [-0.4, -0.2) is 38.9 Å². The van der Waals surface area contributed by atoms with E-state index in [1.54, 1.807) is 4.90 Å². The third-order valence-corrected chi connectivity index (χ3v) is 6.39. The minimum atomic E-state index is -0.344. The summed E-state index contributed by atoms with van der Waals surface area (Å²) in [5.74, 6) is 1.25. The number of anilines is 2. The Hall–Kier alpha value is -3.33. The first-order valence-corrected chi connectivity index (χ1v) is 11.3. The van der Waals surface area contributed by atoms with Crippen molar-refractivity contribution in [1.29, 1.82) is 0 Å². The van der Waals surface area contributed by atoms with Crippen molar-refractivity contribution in [3.8, 4) is 5.75 Å². The summed E-state index contributed by atoms with van der Waals surface area (Å²) >= 11 is 1.30. The van der Waals surface area contributed by atoms with E-state index in [1.807, 2.05) is 74.9 Å². The molecule has 1 aliphatic rings. The molecule has 0 radical (unpaired) electrons. The van der Waals surface area contributed by atoms with Gasteiger partial charge in [-0.1, -0.05) is 36.0 Å². The summed E-state index contributed by atoms with van der Waals surface area (Å²) in [7, 11) is 1.84. The topological polar surface area (TPSA) is 89.3 Å². The first kappa shape index (κ1) is 21.9. The van der Waals surface area contributed by atoms with E-state index in [1.165, 1.54) is 11.8 Å². The molecule has 1 atom stereocenters. The van der Waals surface area contributed by atoms with Gasteiger partial charge in [-0.05, 0) is 50.1 Å². The first-order valence-electron chi connectivity index (χ1n) is 10.3. The van der Waals surface area contributed by atoms with Gasteiger partial charge >= 0.3 is 0 Å². The molecule has 0 aliphatic carbocycles. The molecule has 2 aromatic carbocycles. The Bertz CT molecular complexity index is 1180. The number of hydrogen-bond donors (Lipinski definition) is 1. The number of rotatable bonds is 6. The lowest BCUT2D eigenvalue weighted by Crippen LogP contribution is -2.41. The second-order valence-corrected chi connectivity index (χ2v) is 8.69. The van der Waals surface area contributed by atoms with E-state index in [2.05, 4.69) is 15.5 Å². The molecule has 166 valence electrons. The number of benzene rings is 2. The molecule has 1 aromatic heterocycles. The highest BCUT2D eigenvalue weighted by Gasteiger charge is 2.32. The van der Waals surface area contributed by atoms with Gasteiger partial charge in [-0.3, -0.25) is 14.5 Å². The number of nitrogens with one attached hydrogen (secondary N) is 1. The number of fused-ring (bicyclic) bond motifs is 1. The number of ether oxygens (including phenoxy) is 1. The van der Waals surface area contributed by atoms with Gasteiger partial charge < -0.3 is 14.6 Å². The van der Waals surface area contributed by atoms with E-state index in [0.29, 0.717) is 22.4 Å². The normalized spacial score (nSPS) is 14.0. The lowest BCUT2D eigenvalue weighted by Gasteiger charge is -2.33. The molecular weight excluding hydrogens is 426 g/mol. The zero-order valence-electron chi connectivity index (χ0n) is 18.5. The average Bonchev–Trinajstić information content (AvgIpc) is 3.14. The second kappa shape index (κ2) is 9.04. The van der Waals surface area contributed by atoms with Gasteiger partial charge in [0.25, 0.3) is 5.91 Å². The summed E-state index contributed by atoms with van der Waals surface area (Å²) in [6, 6.07) is 13.0. The predicted octanol–water partition coefficient (Wildman–Crippen LogP) is 3.65. The number of hydrogen-bond acceptors (Lipinski definition) is 6. The van der Waals surface area contributed by atoms with Crippen LogP contribution >= 0.6 is 11.8 Å². The number of carbonyl (C=O) groups is 2. The van der Waals surface area contributed by atoms with Crippen LogP contribution in [0.2, 0.25) is 0 Å². The Morgan fingerprint density at radius 3 is 2.81 bits per heavy atom. The van der Waals surface area contributed by atoms with Crippen LogP contribution in [0.4, 0.5) is 11.4 Å². The zero-order chi connectivity index (χ0) is 22.8. The van der Waals surface area contributed by atoms with Crippen LogP contribution in [0.1, 0.15) is 29.9 Å². The first-order chi connectivity index (χ1) is 15.3. The summed E-state index contributed by atoms with van der Waals surface area (Å²) in [4.78, 5) is 26.8. The van der Waals surface area contributed by atoms with Crippen molar-refractivity contribution in [3.63, 3.8) is 0 Å². The van der Waals surface area contributed by atoms with Gasteiger partial charge in [0, 0.05) is 12.7 Å². The fraction of sp³-hybridized carbons (Fsp3) is 0.304. The molecule has 0 bridgehead atoms. The maximum atomic E-state index is 12.6. The molecule has 32 heavy (non-hydrogen) atoms. The molecule has 8 nitrogen and oxygen atoms in total. The molecule has 0 unspecified atom stereocenters. The number of amides is 2. The molecule has 4 rings (SSSR count). The number of nitrogens with zero attached hydrogens (tertiary/aromatic N) is 4. The van der Waals surface area contributed by atoms with E-state index in [-0.39, 0.29) is 30.2 Å². The maximum absolute atomic E-state index is 12.6. The van der Waals surface area contributed by atoms with Crippen molar-refractivity contribution in [2.45, 2.75) is 32.0 Å². The molecular formula is C23H25N5O3S. The van der Waals surface area contributed by atoms with Crippen LogP contribution in [0, 0.1) is 13.8 Å². The Morgan fingerprint density at radius 1 is 1.22 bits per heavy atom. The molecule has 3 aromatic rings. The van der Waals surface area contributed by atoms with Gasteiger partial charge in [0.1, 0.15) is 5.75 Å². The van der Waals surface area contributed by atoms with Gasteiger partial charge in [-0.15, -0.1) is 10.2 Å². The van der Waals surface area contributed by atoms with Crippen molar-refractivity contribution in [2.24, 2.45) is 7.05 Å². The summed E-state index contributed by atoms with van der Waals surface area (Å²) in [6.07, 6.45) is 0. The molecule has 0 saturated carbocycles. The summed E-state index contributed by atoms with van der Waals surface area (Å²) in [6.45, 7) is 5.85. The zero-order valence-corrected chi connectivity index (χ0v) is 19.3. The van der Waals surface area contributed by atoms with Crippen LogP contribution in [0.15, 0.2) is 47.6 Å². The van der Waals surface area contributed by atoms with E-state index < -0.39 is 0 Å². The van der Waals surface area contributed by atoms with Crippen LogP contribution in [0.3, 0.4) is 0 Å². The molecule has 0 fully saturated rings. The third-order valence-electron chi connectivity index (χ3n) is 5.37. The molecule has 2 heterocycles. The third kappa shape index (κ3) is 4.34. The predicted molar refractivity (Wildman–Crippen MR) is 124 cm³/mol. The number of thioether (sulfide) groups is 1. The Kier molecular flexibility index (Phi) is 6.18. The van der Waals surface area contributed by atoms with Crippen LogP contribution in [0.25, 0.3) is 0 Å². The highest BCUT2D eigenvalue weighted by atomic mass is 32.2. The van der Waals surface area contributed by atoms with Gasteiger partial charge in [-0.25, -0.2) is 0 Å². The number of carbonyl (C=O) groups excluding carboxylic acids is 2. The number of aromatic nitrogens is 3. The lowest BCUT2D eigenvalue weighted by atomic mass is 10.1. The minimum Gasteiger partial charge on any atom is -0.482 e. The molecule has 1 aliphatic heterocycles. The van der Waals surface area contributed by atoms with Gasteiger partial charge in [0.15, 0.2) is 17.6 Å². The van der Waals surface area contributed by atoms with E-state index in [4.69, 9.17) is 4.74 Å². The quantitative estimate of drug-likeness (QED) is 0.576. The SMILES string of the molecule is Cc1ccc(C)c(NC(=O)CSc2nnc([C@H](C)N3C(=O)COc4ccccc43)n2C)c1. The van der Waals surface area contributed by atoms with Crippen molar-refractivity contribution >= 4 is 35.0 Å². The van der Waals surface area contributed by atoms with Crippen molar-refractivity contribution in [2.75, 3.05) is 22.6 Å². The fourth-order valence-corrected chi connectivity index (χ4v) is 4.38. The summed E-state index contributed by atoms with van der Waals surface area (Å²) in [5, 5.41) is 12.1. The van der Waals surface area contributed by atoms with Crippen molar-refractivity contribution in [1.82, 2.24) is 14.8 Å². The van der Waals surface area contributed by atoms with Crippen LogP contribution in [0.5, 0.6) is 5.75 Å². The lowest BCUT2D eigenvalue weighted by molar-refractivity contribution is -0.121. The van der Waals surface area contributed by atoms with Crippen LogP contribution < -0.4 is 15.0 Å². The largest absolute Gasteiger partial charge is 0.482 e. The Morgan fingerprint density at radius 2 is 2.00 bits per heavy atom. The average molecular weight is 452 g/mol.